The van der Waals surface area contributed by atoms with E-state index in [0.717, 1.165) is 11.0 Å². The smallest absolute Gasteiger partial charge is 0.0481 e. The minimum absolute atomic E-state index is 0.540. The molecule has 2 aromatic rings. The molecule has 2 nitrogen and oxygen atoms in total. The van der Waals surface area contributed by atoms with Crippen molar-refractivity contribution in [2.75, 3.05) is 6.54 Å². The zero-order valence-electron chi connectivity index (χ0n) is 9.33. The molecule has 0 aliphatic carbocycles. The number of hydrogen-bond donors (Lipinski definition) is 1. The van der Waals surface area contributed by atoms with Gasteiger partial charge < -0.3 is 9.88 Å². The van der Waals surface area contributed by atoms with E-state index in [1.54, 1.807) is 0 Å². The summed E-state index contributed by atoms with van der Waals surface area (Å²) in [6, 6.07) is 7.05. The van der Waals surface area contributed by atoms with Crippen molar-refractivity contribution >= 4 is 26.8 Å². The molecular weight excluding hydrogens is 264 g/mol. The molecule has 1 aromatic heterocycles. The Labute approximate surface area is 104 Å². The van der Waals surface area contributed by atoms with Gasteiger partial charge in [-0.25, -0.2) is 0 Å². The van der Waals surface area contributed by atoms with Crippen LogP contribution < -0.4 is 5.32 Å². The summed E-state index contributed by atoms with van der Waals surface area (Å²) in [5.74, 6) is 0. The van der Waals surface area contributed by atoms with Crippen LogP contribution >= 0.6 is 15.9 Å². The summed E-state index contributed by atoms with van der Waals surface area (Å²) >= 11 is 3.55. The molecule has 1 unspecified atom stereocenters. The van der Waals surface area contributed by atoms with Gasteiger partial charge in [-0.15, -0.1) is 0 Å². The van der Waals surface area contributed by atoms with Crippen LogP contribution in [0.2, 0.25) is 0 Å². The second-order valence-electron chi connectivity index (χ2n) is 4.51. The highest BCUT2D eigenvalue weighted by molar-refractivity contribution is 9.10. The lowest BCUT2D eigenvalue weighted by Crippen LogP contribution is -2.12. The van der Waals surface area contributed by atoms with Gasteiger partial charge in [0.05, 0.1) is 0 Å². The van der Waals surface area contributed by atoms with Crippen molar-refractivity contribution in [1.29, 1.82) is 0 Å². The summed E-state index contributed by atoms with van der Waals surface area (Å²) in [6.45, 7) is 1.15. The molecule has 0 amide bonds. The summed E-state index contributed by atoms with van der Waals surface area (Å²) in [5.41, 5.74) is 2.75. The molecule has 0 bridgehead atoms. The van der Waals surface area contributed by atoms with Gasteiger partial charge in [-0.2, -0.15) is 0 Å². The maximum Gasteiger partial charge on any atom is 0.0481 e. The molecule has 1 N–H and O–H groups in total. The number of aromatic nitrogens is 1. The maximum atomic E-state index is 3.57. The number of fused-ring (bicyclic) bond motifs is 1. The van der Waals surface area contributed by atoms with E-state index in [1.807, 2.05) is 0 Å². The van der Waals surface area contributed by atoms with Gasteiger partial charge in [-0.3, -0.25) is 0 Å². The Kier molecular flexibility index (Phi) is 2.52. The van der Waals surface area contributed by atoms with E-state index in [1.165, 1.54) is 29.3 Å². The molecule has 1 atom stereocenters. The molecule has 0 radical (unpaired) electrons. The van der Waals surface area contributed by atoms with Crippen LogP contribution in [-0.4, -0.2) is 11.1 Å². The average Bonchev–Trinajstić information content (AvgIpc) is 2.86. The van der Waals surface area contributed by atoms with Crippen molar-refractivity contribution in [1.82, 2.24) is 9.88 Å². The molecule has 0 spiro atoms. The molecular formula is C13H15BrN2. The lowest BCUT2D eigenvalue weighted by atomic mass is 10.0. The second kappa shape index (κ2) is 3.90. The zero-order valence-corrected chi connectivity index (χ0v) is 10.9. The minimum atomic E-state index is 0.540. The average molecular weight is 279 g/mol. The van der Waals surface area contributed by atoms with Gasteiger partial charge in [0.25, 0.3) is 0 Å². The molecule has 3 rings (SSSR count). The topological polar surface area (TPSA) is 17.0 Å². The molecule has 3 heteroatoms. The van der Waals surface area contributed by atoms with Gasteiger partial charge in [-0.05, 0) is 43.1 Å². The lowest BCUT2D eigenvalue weighted by Gasteiger charge is -2.08. The van der Waals surface area contributed by atoms with Gasteiger partial charge >= 0.3 is 0 Å². The van der Waals surface area contributed by atoms with Gasteiger partial charge in [0.2, 0.25) is 0 Å². The number of nitrogens with one attached hydrogen (secondary N) is 1. The van der Waals surface area contributed by atoms with E-state index >= 15 is 0 Å². The third-order valence-electron chi connectivity index (χ3n) is 3.42. The first kappa shape index (κ1) is 10.4. The van der Waals surface area contributed by atoms with Crippen molar-refractivity contribution < 1.29 is 0 Å². The molecule has 2 heterocycles. The Morgan fingerprint density at radius 3 is 3.06 bits per heavy atom. The quantitative estimate of drug-likeness (QED) is 0.847. The molecule has 1 saturated heterocycles. The summed E-state index contributed by atoms with van der Waals surface area (Å²) < 4.78 is 3.38. The Bertz CT molecular complexity index is 524. The first-order chi connectivity index (χ1) is 7.75. The maximum absolute atomic E-state index is 3.57. The second-order valence-corrected chi connectivity index (χ2v) is 5.42. The number of aryl methyl sites for hydroxylation is 1. The molecule has 1 aliphatic rings. The normalized spacial score (nSPS) is 20.8. The van der Waals surface area contributed by atoms with E-state index in [9.17, 15) is 0 Å². The van der Waals surface area contributed by atoms with Crippen LogP contribution in [-0.2, 0) is 7.05 Å². The fourth-order valence-corrected chi connectivity index (χ4v) is 2.98. The molecule has 16 heavy (non-hydrogen) atoms. The van der Waals surface area contributed by atoms with Crippen LogP contribution in [0.3, 0.4) is 0 Å². The van der Waals surface area contributed by atoms with Crippen LogP contribution in [0.15, 0.2) is 28.9 Å². The van der Waals surface area contributed by atoms with Gasteiger partial charge in [-0.1, -0.05) is 15.9 Å². The Hall–Kier alpha value is -0.800. The predicted molar refractivity (Wildman–Crippen MR) is 70.6 cm³/mol. The third-order valence-corrected chi connectivity index (χ3v) is 3.91. The molecule has 1 aromatic carbocycles. The summed E-state index contributed by atoms with van der Waals surface area (Å²) in [5, 5.41) is 4.94. The Morgan fingerprint density at radius 1 is 1.44 bits per heavy atom. The molecule has 0 saturated carbocycles. The molecule has 1 aliphatic heterocycles. The highest BCUT2D eigenvalue weighted by Gasteiger charge is 2.20. The summed E-state index contributed by atoms with van der Waals surface area (Å²) in [7, 11) is 2.12. The van der Waals surface area contributed by atoms with Crippen LogP contribution in [0, 0.1) is 0 Å². The highest BCUT2D eigenvalue weighted by Crippen LogP contribution is 2.32. The van der Waals surface area contributed by atoms with Crippen LogP contribution in [0.4, 0.5) is 0 Å². The van der Waals surface area contributed by atoms with Gasteiger partial charge in [0.15, 0.2) is 0 Å². The zero-order chi connectivity index (χ0) is 11.1. The molecule has 1 fully saturated rings. The van der Waals surface area contributed by atoms with E-state index in [0.29, 0.717) is 6.04 Å². The monoisotopic (exact) mass is 278 g/mol. The van der Waals surface area contributed by atoms with Gasteiger partial charge in [0, 0.05) is 34.7 Å². The molecule has 84 valence electrons. The van der Waals surface area contributed by atoms with Crippen molar-refractivity contribution in [2.24, 2.45) is 7.05 Å². The van der Waals surface area contributed by atoms with Crippen LogP contribution in [0.1, 0.15) is 24.4 Å². The van der Waals surface area contributed by atoms with Crippen molar-refractivity contribution in [3.63, 3.8) is 0 Å². The number of benzene rings is 1. The van der Waals surface area contributed by atoms with Crippen LogP contribution in [0.25, 0.3) is 10.9 Å². The first-order valence-electron chi connectivity index (χ1n) is 5.73. The van der Waals surface area contributed by atoms with E-state index in [2.05, 4.69) is 57.3 Å². The van der Waals surface area contributed by atoms with E-state index < -0.39 is 0 Å². The lowest BCUT2D eigenvalue weighted by molar-refractivity contribution is 0.650. The van der Waals surface area contributed by atoms with E-state index in [4.69, 9.17) is 0 Å². The summed E-state index contributed by atoms with van der Waals surface area (Å²) in [6.07, 6.45) is 4.81. The number of hydrogen-bond acceptors (Lipinski definition) is 1. The van der Waals surface area contributed by atoms with Crippen molar-refractivity contribution in [3.05, 3.63) is 34.4 Å². The largest absolute Gasteiger partial charge is 0.350 e. The van der Waals surface area contributed by atoms with Crippen LogP contribution in [0.5, 0.6) is 0 Å². The summed E-state index contributed by atoms with van der Waals surface area (Å²) in [4.78, 5) is 0. The minimum Gasteiger partial charge on any atom is -0.350 e. The predicted octanol–water partition coefficient (Wildman–Crippen LogP) is 3.37. The Balaban J connectivity index is 2.19. The SMILES string of the molecule is Cn1cc(C2CCCN2)c2cc(Br)ccc21. The Morgan fingerprint density at radius 2 is 2.31 bits per heavy atom. The standard InChI is InChI=1S/C13H15BrN2/c1-16-8-11(12-3-2-6-15-12)10-7-9(14)4-5-13(10)16/h4-5,7-8,12,15H,2-3,6H2,1H3. The first-order valence-corrected chi connectivity index (χ1v) is 6.53. The van der Waals surface area contributed by atoms with Gasteiger partial charge in [0.1, 0.15) is 0 Å². The fourth-order valence-electron chi connectivity index (χ4n) is 2.62. The van der Waals surface area contributed by atoms with E-state index in [-0.39, 0.29) is 0 Å². The number of halogens is 1. The highest BCUT2D eigenvalue weighted by atomic mass is 79.9. The van der Waals surface area contributed by atoms with Crippen molar-refractivity contribution in [3.8, 4) is 0 Å². The fraction of sp³-hybridized carbons (Fsp3) is 0.385. The number of nitrogens with zero attached hydrogens (tertiary/aromatic N) is 1. The third kappa shape index (κ3) is 1.59. The number of rotatable bonds is 1. The van der Waals surface area contributed by atoms with Crippen molar-refractivity contribution in [2.45, 2.75) is 18.9 Å².